The van der Waals surface area contributed by atoms with Crippen LogP contribution in [0.3, 0.4) is 0 Å². The van der Waals surface area contributed by atoms with Gasteiger partial charge in [-0.05, 0) is 24.6 Å². The van der Waals surface area contributed by atoms with Crippen LogP contribution in [-0.4, -0.2) is 16.8 Å². The Balaban J connectivity index is 2.66. The van der Waals surface area contributed by atoms with Gasteiger partial charge in [0.15, 0.2) is 0 Å². The quantitative estimate of drug-likeness (QED) is 0.610. The van der Waals surface area contributed by atoms with Crippen LogP contribution in [0.1, 0.15) is 12.5 Å². The van der Waals surface area contributed by atoms with Crippen LogP contribution in [0.25, 0.3) is 0 Å². The van der Waals surface area contributed by atoms with Crippen LogP contribution in [0.5, 0.6) is 0 Å². The average Bonchev–Trinajstić information content (AvgIpc) is 2.19. The Hall–Kier alpha value is -1.16. The summed E-state index contributed by atoms with van der Waals surface area (Å²) in [6, 6.07) is 5.70. The Morgan fingerprint density at radius 3 is 2.87 bits per heavy atom. The van der Waals surface area contributed by atoms with Crippen LogP contribution in [0.15, 0.2) is 23.1 Å². The van der Waals surface area contributed by atoms with E-state index in [1.54, 1.807) is 6.92 Å². The maximum atomic E-state index is 10.6. The van der Waals surface area contributed by atoms with Crippen molar-refractivity contribution in [1.82, 2.24) is 0 Å². The Morgan fingerprint density at radius 2 is 2.27 bits per heavy atom. The minimum absolute atomic E-state index is 0.337. The molecule has 0 aliphatic carbocycles. The number of rotatable bonds is 4. The van der Waals surface area contributed by atoms with Crippen molar-refractivity contribution >= 4 is 23.4 Å². The highest BCUT2D eigenvalue weighted by Gasteiger charge is 2.12. The van der Waals surface area contributed by atoms with E-state index >= 15 is 0 Å². The van der Waals surface area contributed by atoms with Crippen LogP contribution in [-0.2, 0) is 4.79 Å². The SMILES string of the molecule is Cc1c(N)cccc1SCC(C)C(=O)O. The summed E-state index contributed by atoms with van der Waals surface area (Å²) >= 11 is 1.54. The zero-order valence-corrected chi connectivity index (χ0v) is 9.67. The third kappa shape index (κ3) is 3.16. The molecule has 3 nitrogen and oxygen atoms in total. The van der Waals surface area contributed by atoms with Gasteiger partial charge in [-0.15, -0.1) is 11.8 Å². The predicted octanol–water partition coefficient (Wildman–Crippen LogP) is 2.39. The van der Waals surface area contributed by atoms with E-state index in [0.29, 0.717) is 5.75 Å². The fourth-order valence-corrected chi connectivity index (χ4v) is 2.16. The number of aliphatic carboxylic acids is 1. The molecular formula is C11H15NO2S. The molecule has 0 aromatic heterocycles. The second-order valence-corrected chi connectivity index (χ2v) is 4.58. The maximum Gasteiger partial charge on any atom is 0.307 e. The monoisotopic (exact) mass is 225 g/mol. The Morgan fingerprint density at radius 1 is 1.60 bits per heavy atom. The van der Waals surface area contributed by atoms with Crippen molar-refractivity contribution in [1.29, 1.82) is 0 Å². The molecule has 0 bridgehead atoms. The number of carboxylic acid groups (broad SMARTS) is 1. The van der Waals surface area contributed by atoms with Gasteiger partial charge in [-0.1, -0.05) is 13.0 Å². The molecule has 0 saturated heterocycles. The van der Waals surface area contributed by atoms with E-state index in [-0.39, 0.29) is 5.92 Å². The van der Waals surface area contributed by atoms with Crippen LogP contribution in [0.4, 0.5) is 5.69 Å². The molecule has 0 radical (unpaired) electrons. The number of carbonyl (C=O) groups is 1. The molecule has 1 aromatic carbocycles. The third-order valence-electron chi connectivity index (χ3n) is 2.24. The summed E-state index contributed by atoms with van der Waals surface area (Å²) in [4.78, 5) is 11.7. The number of nitrogens with two attached hydrogens (primary N) is 1. The smallest absolute Gasteiger partial charge is 0.307 e. The molecule has 0 amide bonds. The first-order chi connectivity index (χ1) is 7.02. The van der Waals surface area contributed by atoms with Crippen LogP contribution < -0.4 is 5.73 Å². The van der Waals surface area contributed by atoms with E-state index in [1.165, 1.54) is 11.8 Å². The van der Waals surface area contributed by atoms with E-state index in [4.69, 9.17) is 10.8 Å². The number of thioether (sulfide) groups is 1. The lowest BCUT2D eigenvalue weighted by Crippen LogP contribution is -2.11. The topological polar surface area (TPSA) is 63.3 Å². The lowest BCUT2D eigenvalue weighted by atomic mass is 10.2. The summed E-state index contributed by atoms with van der Waals surface area (Å²) in [5.41, 5.74) is 7.54. The van der Waals surface area contributed by atoms with Crippen molar-refractivity contribution in [2.45, 2.75) is 18.7 Å². The van der Waals surface area contributed by atoms with Gasteiger partial charge in [0.2, 0.25) is 0 Å². The fraction of sp³-hybridized carbons (Fsp3) is 0.364. The molecular weight excluding hydrogens is 210 g/mol. The van der Waals surface area contributed by atoms with Gasteiger partial charge in [-0.25, -0.2) is 0 Å². The largest absolute Gasteiger partial charge is 0.481 e. The van der Waals surface area contributed by atoms with E-state index in [9.17, 15) is 4.79 Å². The van der Waals surface area contributed by atoms with Gasteiger partial charge >= 0.3 is 5.97 Å². The van der Waals surface area contributed by atoms with Gasteiger partial charge in [-0.3, -0.25) is 4.79 Å². The van der Waals surface area contributed by atoms with Gasteiger partial charge in [0.1, 0.15) is 0 Å². The van der Waals surface area contributed by atoms with Crippen LogP contribution in [0.2, 0.25) is 0 Å². The molecule has 1 atom stereocenters. The summed E-state index contributed by atoms with van der Waals surface area (Å²) in [6.07, 6.45) is 0. The number of hydrogen-bond donors (Lipinski definition) is 2. The first-order valence-corrected chi connectivity index (χ1v) is 5.71. The van der Waals surface area contributed by atoms with Crippen molar-refractivity contribution in [3.63, 3.8) is 0 Å². The number of benzene rings is 1. The third-order valence-corrected chi connectivity index (χ3v) is 3.66. The summed E-state index contributed by atoms with van der Waals surface area (Å²) in [6.45, 7) is 3.65. The van der Waals surface area contributed by atoms with Crippen molar-refractivity contribution in [3.8, 4) is 0 Å². The van der Waals surface area contributed by atoms with Crippen molar-refractivity contribution in [2.75, 3.05) is 11.5 Å². The summed E-state index contributed by atoms with van der Waals surface area (Å²) in [5.74, 6) is -0.528. The molecule has 15 heavy (non-hydrogen) atoms. The first-order valence-electron chi connectivity index (χ1n) is 4.73. The van der Waals surface area contributed by atoms with E-state index in [2.05, 4.69) is 0 Å². The molecule has 0 spiro atoms. The van der Waals surface area contributed by atoms with Gasteiger partial charge in [-0.2, -0.15) is 0 Å². The van der Waals surface area contributed by atoms with E-state index in [1.807, 2.05) is 25.1 Å². The van der Waals surface area contributed by atoms with Crippen molar-refractivity contribution in [3.05, 3.63) is 23.8 Å². The minimum Gasteiger partial charge on any atom is -0.481 e. The standard InChI is InChI=1S/C11H15NO2S/c1-7(11(13)14)6-15-10-5-3-4-9(12)8(10)2/h3-5,7H,6,12H2,1-2H3,(H,13,14). The Kier molecular flexibility index (Phi) is 4.03. The summed E-state index contributed by atoms with van der Waals surface area (Å²) in [5, 5.41) is 8.75. The van der Waals surface area contributed by atoms with Gasteiger partial charge in [0.05, 0.1) is 5.92 Å². The normalized spacial score (nSPS) is 12.4. The highest BCUT2D eigenvalue weighted by Crippen LogP contribution is 2.27. The highest BCUT2D eigenvalue weighted by atomic mass is 32.2. The predicted molar refractivity (Wildman–Crippen MR) is 63.1 cm³/mol. The molecule has 1 aromatic rings. The number of nitrogen functional groups attached to an aromatic ring is 1. The zero-order valence-electron chi connectivity index (χ0n) is 8.86. The van der Waals surface area contributed by atoms with Crippen LogP contribution in [0, 0.1) is 12.8 Å². The second-order valence-electron chi connectivity index (χ2n) is 3.52. The minimum atomic E-state index is -0.760. The maximum absolute atomic E-state index is 10.6. The van der Waals surface area contributed by atoms with Crippen LogP contribution >= 0.6 is 11.8 Å². The Labute approximate surface area is 93.7 Å². The molecule has 0 aliphatic rings. The molecule has 4 heteroatoms. The lowest BCUT2D eigenvalue weighted by molar-refractivity contribution is -0.140. The summed E-state index contributed by atoms with van der Waals surface area (Å²) in [7, 11) is 0. The second kappa shape index (κ2) is 5.07. The van der Waals surface area contributed by atoms with Gasteiger partial charge in [0.25, 0.3) is 0 Å². The molecule has 1 unspecified atom stereocenters. The van der Waals surface area contributed by atoms with Crippen molar-refractivity contribution < 1.29 is 9.90 Å². The fourth-order valence-electron chi connectivity index (χ4n) is 1.07. The highest BCUT2D eigenvalue weighted by molar-refractivity contribution is 7.99. The van der Waals surface area contributed by atoms with Gasteiger partial charge < -0.3 is 10.8 Å². The average molecular weight is 225 g/mol. The molecule has 0 heterocycles. The summed E-state index contributed by atoms with van der Waals surface area (Å²) < 4.78 is 0. The molecule has 3 N–H and O–H groups in total. The molecule has 82 valence electrons. The number of anilines is 1. The molecule has 0 saturated carbocycles. The van der Waals surface area contributed by atoms with Crippen molar-refractivity contribution in [2.24, 2.45) is 5.92 Å². The zero-order chi connectivity index (χ0) is 11.4. The Bertz CT molecular complexity index is 366. The number of hydrogen-bond acceptors (Lipinski definition) is 3. The van der Waals surface area contributed by atoms with Gasteiger partial charge in [0, 0.05) is 16.3 Å². The molecule has 0 aliphatic heterocycles. The van der Waals surface area contributed by atoms with E-state index in [0.717, 1.165) is 16.1 Å². The number of carboxylic acids is 1. The molecule has 0 fully saturated rings. The first kappa shape index (κ1) is 11.9. The lowest BCUT2D eigenvalue weighted by Gasteiger charge is -2.09. The van der Waals surface area contributed by atoms with E-state index < -0.39 is 5.97 Å². The molecule has 1 rings (SSSR count).